The summed E-state index contributed by atoms with van der Waals surface area (Å²) >= 11 is 0. The predicted octanol–water partition coefficient (Wildman–Crippen LogP) is 8.21. The highest BCUT2D eigenvalue weighted by Gasteiger charge is 2.35. The molecule has 0 bridgehead atoms. The number of aliphatic imine (C=N–C) groups is 1. The molecule has 250 valence electrons. The van der Waals surface area contributed by atoms with E-state index in [0.29, 0.717) is 13.2 Å². The molecular formula is C41H42N4O4. The van der Waals surface area contributed by atoms with E-state index in [-0.39, 0.29) is 17.6 Å². The first-order valence-electron chi connectivity index (χ1n) is 17.6. The van der Waals surface area contributed by atoms with E-state index in [1.54, 1.807) is 0 Å². The third kappa shape index (κ3) is 6.57. The Morgan fingerprint density at radius 1 is 0.918 bits per heavy atom. The number of Topliss-reactive ketones (excluding diaryl/α,β-unsaturated/α-hetero) is 1. The molecule has 8 rings (SSSR count). The van der Waals surface area contributed by atoms with Crippen molar-refractivity contribution in [2.45, 2.75) is 45.8 Å². The van der Waals surface area contributed by atoms with Crippen molar-refractivity contribution < 1.29 is 19.0 Å². The van der Waals surface area contributed by atoms with Crippen LogP contribution in [-0.4, -0.2) is 54.5 Å². The van der Waals surface area contributed by atoms with E-state index in [0.717, 1.165) is 115 Å². The summed E-state index contributed by atoms with van der Waals surface area (Å²) < 4.78 is 20.4. The number of fused-ring (bicyclic) bond motifs is 3. The van der Waals surface area contributed by atoms with Gasteiger partial charge in [-0.1, -0.05) is 36.8 Å². The van der Waals surface area contributed by atoms with E-state index >= 15 is 0 Å². The number of benzene rings is 4. The van der Waals surface area contributed by atoms with E-state index in [4.69, 9.17) is 24.2 Å². The Morgan fingerprint density at radius 2 is 1.76 bits per heavy atom. The second kappa shape index (κ2) is 13.9. The largest absolute Gasteiger partial charge is 0.493 e. The lowest BCUT2D eigenvalue weighted by molar-refractivity contribution is 0.0912. The van der Waals surface area contributed by atoms with Gasteiger partial charge in [-0.05, 0) is 85.8 Å². The molecule has 3 aliphatic rings. The van der Waals surface area contributed by atoms with Gasteiger partial charge in [0.2, 0.25) is 0 Å². The minimum Gasteiger partial charge on any atom is -0.493 e. The molecular weight excluding hydrogens is 612 g/mol. The van der Waals surface area contributed by atoms with E-state index in [1.165, 1.54) is 5.69 Å². The van der Waals surface area contributed by atoms with Crippen molar-refractivity contribution in [2.75, 3.05) is 37.8 Å². The third-order valence-corrected chi connectivity index (χ3v) is 10.1. The Balaban J connectivity index is 1.02. The van der Waals surface area contributed by atoms with Crippen molar-refractivity contribution >= 4 is 34.4 Å². The molecule has 8 nitrogen and oxygen atoms in total. The van der Waals surface area contributed by atoms with Crippen molar-refractivity contribution in [1.29, 1.82) is 0 Å². The minimum atomic E-state index is 0.0668. The lowest BCUT2D eigenvalue weighted by Gasteiger charge is -2.28. The third-order valence-electron chi connectivity index (χ3n) is 10.1. The number of anilines is 1. The number of ether oxygens (including phenoxy) is 3. The van der Waals surface area contributed by atoms with E-state index in [2.05, 4.69) is 51.9 Å². The highest BCUT2D eigenvalue weighted by molar-refractivity contribution is 6.05. The molecule has 49 heavy (non-hydrogen) atoms. The van der Waals surface area contributed by atoms with Crippen LogP contribution < -0.4 is 14.4 Å². The molecule has 4 aromatic carbocycles. The van der Waals surface area contributed by atoms with Crippen molar-refractivity contribution in [3.8, 4) is 22.9 Å². The van der Waals surface area contributed by atoms with Gasteiger partial charge in [-0.25, -0.2) is 4.98 Å². The van der Waals surface area contributed by atoms with Crippen LogP contribution in [0.1, 0.15) is 47.2 Å². The lowest BCUT2D eigenvalue weighted by atomic mass is 9.89. The van der Waals surface area contributed by atoms with Crippen molar-refractivity contribution in [3.63, 3.8) is 0 Å². The number of imidazole rings is 1. The molecule has 0 N–H and O–H groups in total. The Morgan fingerprint density at radius 3 is 2.59 bits per heavy atom. The Labute approximate surface area is 287 Å². The van der Waals surface area contributed by atoms with Gasteiger partial charge in [0.1, 0.15) is 23.9 Å². The molecule has 2 fully saturated rings. The number of carbonyl (C=O) groups excluding carboxylic acids is 1. The fraction of sp³-hybridized carbons (Fsp3) is 0.341. The zero-order valence-corrected chi connectivity index (χ0v) is 28.0. The maximum atomic E-state index is 13.3. The van der Waals surface area contributed by atoms with Gasteiger partial charge in [0.25, 0.3) is 0 Å². The quantitative estimate of drug-likeness (QED) is 0.141. The van der Waals surface area contributed by atoms with Crippen molar-refractivity contribution in [1.82, 2.24) is 9.55 Å². The summed E-state index contributed by atoms with van der Waals surface area (Å²) in [5.74, 6) is 3.08. The van der Waals surface area contributed by atoms with Gasteiger partial charge in [0, 0.05) is 60.6 Å². The molecule has 0 spiro atoms. The van der Waals surface area contributed by atoms with Crippen LogP contribution in [-0.2, 0) is 17.9 Å². The fourth-order valence-electron chi connectivity index (χ4n) is 7.43. The molecule has 0 amide bonds. The first-order valence-corrected chi connectivity index (χ1v) is 17.6. The van der Waals surface area contributed by atoms with E-state index in [1.807, 2.05) is 55.6 Å². The maximum absolute atomic E-state index is 13.3. The smallest absolute Gasteiger partial charge is 0.168 e. The Hall–Kier alpha value is -4.95. The molecule has 3 heterocycles. The van der Waals surface area contributed by atoms with Crippen LogP contribution in [0, 0.1) is 18.8 Å². The van der Waals surface area contributed by atoms with Gasteiger partial charge in [-0.3, -0.25) is 9.79 Å². The molecule has 2 aliphatic heterocycles. The van der Waals surface area contributed by atoms with Crippen LogP contribution in [0.2, 0.25) is 0 Å². The highest BCUT2D eigenvalue weighted by Crippen LogP contribution is 2.40. The summed E-state index contributed by atoms with van der Waals surface area (Å²) in [6, 6.07) is 28.9. The summed E-state index contributed by atoms with van der Waals surface area (Å²) in [5.41, 5.74) is 7.85. The molecule has 2 atom stereocenters. The topological polar surface area (TPSA) is 78.2 Å². The normalized spacial score (nSPS) is 18.7. The first kappa shape index (κ1) is 31.3. The number of carbonyl (C=O) groups is 1. The Bertz CT molecular complexity index is 1980. The summed E-state index contributed by atoms with van der Waals surface area (Å²) in [5, 5.41) is 0. The number of rotatable bonds is 10. The highest BCUT2D eigenvalue weighted by atomic mass is 16.5. The number of aryl methyl sites for hydroxylation is 2. The van der Waals surface area contributed by atoms with Gasteiger partial charge in [0.05, 0.1) is 36.5 Å². The number of morpholine rings is 1. The average molecular weight is 655 g/mol. The lowest BCUT2D eigenvalue weighted by Crippen LogP contribution is -2.36. The van der Waals surface area contributed by atoms with Gasteiger partial charge >= 0.3 is 0 Å². The van der Waals surface area contributed by atoms with Gasteiger partial charge in [-0.15, -0.1) is 0 Å². The monoisotopic (exact) mass is 654 g/mol. The standard InChI is InChI=1S/C41H42N4O4/c1-28-23-35-37(42-26-31-9-5-10-34(31)40(35)46)25-39(28)48-20-6-17-45-38-24-32(44-18-21-47-22-19-44)13-16-36(38)43-41(45)30-11-14-33(15-12-30)49-27-29-7-3-2-4-8-29/h2-4,7-8,11-16,23-26,31,34H,5-6,9-10,17-22,27H2,1H3/t31-,34?/m0/s1. The zero-order valence-electron chi connectivity index (χ0n) is 28.0. The number of nitrogens with zero attached hydrogens (tertiary/aromatic N) is 4. The van der Waals surface area contributed by atoms with E-state index in [9.17, 15) is 4.79 Å². The fourth-order valence-corrected chi connectivity index (χ4v) is 7.43. The van der Waals surface area contributed by atoms with Crippen LogP contribution in [0.5, 0.6) is 11.5 Å². The maximum Gasteiger partial charge on any atom is 0.168 e. The van der Waals surface area contributed by atoms with Gasteiger partial charge < -0.3 is 23.7 Å². The first-order chi connectivity index (χ1) is 24.1. The second-order valence-corrected chi connectivity index (χ2v) is 13.3. The Kier molecular flexibility index (Phi) is 8.87. The number of aromatic nitrogens is 2. The molecule has 1 unspecified atom stereocenters. The number of hydrogen-bond acceptors (Lipinski definition) is 7. The predicted molar refractivity (Wildman–Crippen MR) is 194 cm³/mol. The number of hydrogen-bond donors (Lipinski definition) is 0. The summed E-state index contributed by atoms with van der Waals surface area (Å²) in [7, 11) is 0. The number of ketones is 1. The molecule has 1 saturated heterocycles. The zero-order chi connectivity index (χ0) is 33.2. The van der Waals surface area contributed by atoms with Crippen LogP contribution in [0.15, 0.2) is 89.9 Å². The molecule has 1 saturated carbocycles. The molecule has 1 aromatic heterocycles. The minimum absolute atomic E-state index is 0.0668. The van der Waals surface area contributed by atoms with Gasteiger partial charge in [-0.2, -0.15) is 0 Å². The van der Waals surface area contributed by atoms with Crippen LogP contribution in [0.25, 0.3) is 22.4 Å². The summed E-state index contributed by atoms with van der Waals surface area (Å²) in [4.78, 5) is 25.6. The van der Waals surface area contributed by atoms with Crippen LogP contribution in [0.4, 0.5) is 11.4 Å². The van der Waals surface area contributed by atoms with E-state index < -0.39 is 0 Å². The molecule has 5 aromatic rings. The van der Waals surface area contributed by atoms with Crippen molar-refractivity contribution in [2.24, 2.45) is 16.8 Å². The SMILES string of the molecule is Cc1cc2c(cc1OCCCn1c(-c3ccc(OCc4ccccc4)cc3)nc3ccc(N4CCOCC4)cc31)N=C[C@@H]1CCCC1C2=O. The van der Waals surface area contributed by atoms with Crippen LogP contribution >= 0.6 is 0 Å². The van der Waals surface area contributed by atoms with Gasteiger partial charge in [0.15, 0.2) is 5.78 Å². The molecule has 1 aliphatic carbocycles. The molecule has 8 heteroatoms. The molecule has 0 radical (unpaired) electrons. The summed E-state index contributed by atoms with van der Waals surface area (Å²) in [6.45, 7) is 7.03. The van der Waals surface area contributed by atoms with Crippen molar-refractivity contribution in [3.05, 3.63) is 102 Å². The average Bonchev–Trinajstić information content (AvgIpc) is 3.74. The summed E-state index contributed by atoms with van der Waals surface area (Å²) in [6.07, 6.45) is 5.87. The van der Waals surface area contributed by atoms with Crippen LogP contribution in [0.3, 0.4) is 0 Å². The second-order valence-electron chi connectivity index (χ2n) is 13.3.